The van der Waals surface area contributed by atoms with Crippen LogP contribution in [0.5, 0.6) is 5.75 Å². The zero-order chi connectivity index (χ0) is 18.8. The molecule has 3 nitrogen and oxygen atoms in total. The molecule has 0 amide bonds. The van der Waals surface area contributed by atoms with Gasteiger partial charge in [-0.1, -0.05) is 43.6 Å². The Kier molecular flexibility index (Phi) is 8.89. The zero-order valence-electron chi connectivity index (χ0n) is 15.6. The molecule has 0 saturated heterocycles. The summed E-state index contributed by atoms with van der Waals surface area (Å²) < 4.78 is 18.8. The van der Waals surface area contributed by atoms with Crippen LogP contribution in [0.1, 0.15) is 31.4 Å². The normalized spacial score (nSPS) is 11.1. The Hall–Kier alpha value is -1.62. The van der Waals surface area contributed by atoms with Crippen molar-refractivity contribution >= 4 is 11.6 Å². The maximum absolute atomic E-state index is 13.0. The highest BCUT2D eigenvalue weighted by molar-refractivity contribution is 6.31. The molecule has 2 rings (SSSR count). The van der Waals surface area contributed by atoms with Gasteiger partial charge >= 0.3 is 0 Å². The van der Waals surface area contributed by atoms with Crippen LogP contribution in [0.25, 0.3) is 0 Å². The van der Waals surface area contributed by atoms with Gasteiger partial charge in [0.1, 0.15) is 18.2 Å². The first-order valence-corrected chi connectivity index (χ1v) is 9.59. The summed E-state index contributed by atoms with van der Waals surface area (Å²) >= 11 is 6.01. The summed E-state index contributed by atoms with van der Waals surface area (Å²) in [5, 5.41) is 3.86. The van der Waals surface area contributed by atoms with E-state index < -0.39 is 0 Å². The molecule has 0 aliphatic heterocycles. The molecule has 2 aromatic carbocycles. The molecule has 0 fully saturated rings. The van der Waals surface area contributed by atoms with Crippen LogP contribution in [0.4, 0.5) is 4.39 Å². The first-order valence-electron chi connectivity index (χ1n) is 9.21. The van der Waals surface area contributed by atoms with Gasteiger partial charge in [-0.2, -0.15) is 0 Å². The van der Waals surface area contributed by atoms with E-state index in [9.17, 15) is 4.39 Å². The maximum atomic E-state index is 13.0. The van der Waals surface area contributed by atoms with Crippen molar-refractivity contribution in [2.75, 3.05) is 26.2 Å². The van der Waals surface area contributed by atoms with Crippen LogP contribution in [-0.2, 0) is 13.2 Å². The van der Waals surface area contributed by atoms with E-state index in [0.29, 0.717) is 11.6 Å². The molecule has 2 aromatic rings. The number of rotatable bonds is 11. The fraction of sp³-hybridized carbons (Fsp3) is 0.429. The second kappa shape index (κ2) is 11.2. The maximum Gasteiger partial charge on any atom is 0.124 e. The lowest BCUT2D eigenvalue weighted by Gasteiger charge is -2.17. The van der Waals surface area contributed by atoms with Gasteiger partial charge in [-0.25, -0.2) is 4.39 Å². The predicted octanol–water partition coefficient (Wildman–Crippen LogP) is 4.88. The van der Waals surface area contributed by atoms with Gasteiger partial charge in [0.25, 0.3) is 0 Å². The molecule has 0 bridgehead atoms. The van der Waals surface area contributed by atoms with E-state index in [1.807, 2.05) is 12.1 Å². The third kappa shape index (κ3) is 6.94. The number of nitrogens with one attached hydrogen (secondary N) is 1. The van der Waals surface area contributed by atoms with Crippen molar-refractivity contribution in [3.05, 3.63) is 64.4 Å². The molecule has 0 unspecified atom stereocenters. The molecule has 0 aromatic heterocycles. The van der Waals surface area contributed by atoms with Crippen LogP contribution in [0, 0.1) is 5.82 Å². The Labute approximate surface area is 161 Å². The van der Waals surface area contributed by atoms with Gasteiger partial charge in [-0.05, 0) is 62.4 Å². The summed E-state index contributed by atoms with van der Waals surface area (Å²) in [6.45, 7) is 9.94. The third-order valence-corrected chi connectivity index (χ3v) is 4.74. The second-order valence-corrected chi connectivity index (χ2v) is 6.63. The molecule has 0 atom stereocenters. The van der Waals surface area contributed by atoms with Gasteiger partial charge in [0, 0.05) is 12.1 Å². The number of hydrogen-bond acceptors (Lipinski definition) is 3. The minimum Gasteiger partial charge on any atom is -0.489 e. The van der Waals surface area contributed by atoms with Crippen LogP contribution < -0.4 is 10.1 Å². The summed E-state index contributed by atoms with van der Waals surface area (Å²) in [6, 6.07) is 12.3. The summed E-state index contributed by atoms with van der Waals surface area (Å²) in [7, 11) is 0. The van der Waals surface area contributed by atoms with Crippen molar-refractivity contribution in [3.8, 4) is 5.75 Å². The number of hydrogen-bond donors (Lipinski definition) is 1. The van der Waals surface area contributed by atoms with Gasteiger partial charge < -0.3 is 15.0 Å². The van der Waals surface area contributed by atoms with Crippen molar-refractivity contribution < 1.29 is 9.13 Å². The Balaban J connectivity index is 1.71. The number of nitrogens with zero attached hydrogens (tertiary/aromatic N) is 1. The molecule has 1 N–H and O–H groups in total. The summed E-state index contributed by atoms with van der Waals surface area (Å²) in [4.78, 5) is 2.43. The van der Waals surface area contributed by atoms with E-state index in [1.165, 1.54) is 17.7 Å². The van der Waals surface area contributed by atoms with Crippen molar-refractivity contribution in [1.82, 2.24) is 10.2 Å². The molecule has 142 valence electrons. The number of ether oxygens (including phenoxy) is 1. The molecule has 0 aliphatic rings. The van der Waals surface area contributed by atoms with E-state index in [2.05, 4.69) is 36.2 Å². The zero-order valence-corrected chi connectivity index (χ0v) is 16.4. The van der Waals surface area contributed by atoms with Gasteiger partial charge in [-0.15, -0.1) is 0 Å². The average molecular weight is 379 g/mol. The van der Waals surface area contributed by atoms with Crippen LogP contribution in [-0.4, -0.2) is 31.1 Å². The first-order chi connectivity index (χ1) is 12.6. The smallest absolute Gasteiger partial charge is 0.124 e. The van der Waals surface area contributed by atoms with E-state index in [0.717, 1.165) is 50.5 Å². The molecule has 26 heavy (non-hydrogen) atoms. The molecule has 0 radical (unpaired) electrons. The Bertz CT molecular complexity index is 660. The lowest BCUT2D eigenvalue weighted by Crippen LogP contribution is -2.27. The molecule has 0 spiro atoms. The quantitative estimate of drug-likeness (QED) is 0.564. The largest absolute Gasteiger partial charge is 0.489 e. The van der Waals surface area contributed by atoms with Crippen molar-refractivity contribution in [2.45, 2.75) is 33.4 Å². The highest BCUT2D eigenvalue weighted by Crippen LogP contribution is 2.20. The predicted molar refractivity (Wildman–Crippen MR) is 106 cm³/mol. The van der Waals surface area contributed by atoms with Crippen LogP contribution in [0.3, 0.4) is 0 Å². The summed E-state index contributed by atoms with van der Waals surface area (Å²) in [5.41, 5.74) is 1.99. The monoisotopic (exact) mass is 378 g/mol. The molecular formula is C21H28ClFN2O. The molecule has 0 saturated carbocycles. The van der Waals surface area contributed by atoms with E-state index >= 15 is 0 Å². The molecule has 0 heterocycles. The number of benzene rings is 2. The summed E-state index contributed by atoms with van der Waals surface area (Å²) in [5.74, 6) is 0.434. The van der Waals surface area contributed by atoms with E-state index in [1.54, 1.807) is 6.07 Å². The standard InChI is InChI=1S/C21H28ClFN2O/c1-3-25(4-2)13-5-12-24-15-17-6-10-20(11-7-17)26-16-18-8-9-19(23)14-21(18)22/h6-11,14,24H,3-5,12-13,15-16H2,1-2H3. The molecular weight excluding hydrogens is 351 g/mol. The van der Waals surface area contributed by atoms with Crippen molar-refractivity contribution in [1.29, 1.82) is 0 Å². The van der Waals surface area contributed by atoms with E-state index in [4.69, 9.17) is 16.3 Å². The van der Waals surface area contributed by atoms with Crippen LogP contribution in [0.2, 0.25) is 5.02 Å². The van der Waals surface area contributed by atoms with Gasteiger partial charge in [-0.3, -0.25) is 0 Å². The Morgan fingerprint density at radius 1 is 1.08 bits per heavy atom. The van der Waals surface area contributed by atoms with Crippen molar-refractivity contribution in [3.63, 3.8) is 0 Å². The van der Waals surface area contributed by atoms with Crippen LogP contribution >= 0.6 is 11.6 Å². The highest BCUT2D eigenvalue weighted by Gasteiger charge is 2.03. The molecule has 5 heteroatoms. The lowest BCUT2D eigenvalue weighted by molar-refractivity contribution is 0.298. The minimum absolute atomic E-state index is 0.321. The van der Waals surface area contributed by atoms with Gasteiger partial charge in [0.15, 0.2) is 0 Å². The van der Waals surface area contributed by atoms with E-state index in [-0.39, 0.29) is 5.82 Å². The SMILES string of the molecule is CCN(CC)CCCNCc1ccc(OCc2ccc(F)cc2Cl)cc1. The fourth-order valence-corrected chi connectivity index (χ4v) is 2.93. The number of halogens is 2. The third-order valence-electron chi connectivity index (χ3n) is 4.38. The first kappa shape index (κ1) is 20.7. The lowest BCUT2D eigenvalue weighted by atomic mass is 10.2. The second-order valence-electron chi connectivity index (χ2n) is 6.23. The van der Waals surface area contributed by atoms with Gasteiger partial charge in [0.05, 0.1) is 5.02 Å². The topological polar surface area (TPSA) is 24.5 Å². The average Bonchev–Trinajstić information content (AvgIpc) is 2.65. The minimum atomic E-state index is -0.340. The van der Waals surface area contributed by atoms with Gasteiger partial charge in [0.2, 0.25) is 0 Å². The van der Waals surface area contributed by atoms with Crippen molar-refractivity contribution in [2.24, 2.45) is 0 Å². The highest BCUT2D eigenvalue weighted by atomic mass is 35.5. The Morgan fingerprint density at radius 3 is 2.46 bits per heavy atom. The Morgan fingerprint density at radius 2 is 1.81 bits per heavy atom. The molecule has 0 aliphatic carbocycles. The summed E-state index contributed by atoms with van der Waals surface area (Å²) in [6.07, 6.45) is 1.15. The fourth-order valence-electron chi connectivity index (χ4n) is 2.70. The van der Waals surface area contributed by atoms with Crippen LogP contribution in [0.15, 0.2) is 42.5 Å².